The number of allylic oxidation sites excluding steroid dienone is 2. The van der Waals surface area contributed by atoms with E-state index in [9.17, 15) is 14.4 Å². The van der Waals surface area contributed by atoms with Crippen molar-refractivity contribution in [3.05, 3.63) is 48.0 Å². The molecule has 2 atom stereocenters. The molecule has 0 radical (unpaired) electrons. The first kappa shape index (κ1) is 18.4. The van der Waals surface area contributed by atoms with Crippen LogP contribution in [0.3, 0.4) is 0 Å². The van der Waals surface area contributed by atoms with Crippen LogP contribution in [0.1, 0.15) is 39.2 Å². The SMILES string of the molecule is CC(C)(C)N(Cc1ccccc1)C(=O)CN1C(=O)[C@H]2CC=CC[C@H]2C1=O. The van der Waals surface area contributed by atoms with Gasteiger partial charge < -0.3 is 4.90 Å². The van der Waals surface area contributed by atoms with Gasteiger partial charge in [-0.2, -0.15) is 0 Å². The summed E-state index contributed by atoms with van der Waals surface area (Å²) in [7, 11) is 0. The van der Waals surface area contributed by atoms with Gasteiger partial charge in [0.1, 0.15) is 6.54 Å². The summed E-state index contributed by atoms with van der Waals surface area (Å²) in [4.78, 5) is 41.2. The third-order valence-corrected chi connectivity index (χ3v) is 5.19. The van der Waals surface area contributed by atoms with Crippen molar-refractivity contribution in [1.29, 1.82) is 0 Å². The molecule has 3 amide bonds. The summed E-state index contributed by atoms with van der Waals surface area (Å²) in [5, 5.41) is 0. The number of fused-ring (bicyclic) bond motifs is 1. The van der Waals surface area contributed by atoms with Crippen molar-refractivity contribution in [2.24, 2.45) is 11.8 Å². The van der Waals surface area contributed by atoms with Crippen LogP contribution in [-0.4, -0.2) is 39.6 Å². The predicted octanol–water partition coefficient (Wildman–Crippen LogP) is 2.76. The number of carbonyl (C=O) groups excluding carboxylic acids is 3. The first-order chi connectivity index (χ1) is 12.3. The number of imide groups is 1. The van der Waals surface area contributed by atoms with Gasteiger partial charge in [0.2, 0.25) is 17.7 Å². The molecule has 0 spiro atoms. The highest BCUT2D eigenvalue weighted by Crippen LogP contribution is 2.35. The fourth-order valence-corrected chi connectivity index (χ4v) is 3.71. The minimum Gasteiger partial charge on any atom is -0.332 e. The molecule has 0 bridgehead atoms. The van der Waals surface area contributed by atoms with E-state index >= 15 is 0 Å². The van der Waals surface area contributed by atoms with Crippen LogP contribution >= 0.6 is 0 Å². The summed E-state index contributed by atoms with van der Waals surface area (Å²) in [6.07, 6.45) is 5.09. The molecule has 5 heteroatoms. The maximum absolute atomic E-state index is 13.0. The van der Waals surface area contributed by atoms with Gasteiger partial charge >= 0.3 is 0 Å². The molecule has 138 valence electrons. The van der Waals surface area contributed by atoms with E-state index in [0.717, 1.165) is 5.56 Å². The minimum atomic E-state index is -0.410. The van der Waals surface area contributed by atoms with Crippen molar-refractivity contribution in [1.82, 2.24) is 9.80 Å². The smallest absolute Gasteiger partial charge is 0.243 e. The molecular formula is C21H26N2O3. The zero-order chi connectivity index (χ0) is 18.9. The number of rotatable bonds is 4. The van der Waals surface area contributed by atoms with E-state index in [-0.39, 0.29) is 36.1 Å². The Morgan fingerprint density at radius 2 is 1.58 bits per heavy atom. The van der Waals surface area contributed by atoms with Crippen molar-refractivity contribution in [3.8, 4) is 0 Å². The summed E-state index contributed by atoms with van der Waals surface area (Å²) in [6.45, 7) is 6.17. The van der Waals surface area contributed by atoms with Gasteiger partial charge in [-0.15, -0.1) is 0 Å². The Kier molecular flexibility index (Phi) is 4.99. The average molecular weight is 354 g/mol. The molecule has 1 fully saturated rings. The second kappa shape index (κ2) is 7.06. The lowest BCUT2D eigenvalue weighted by molar-refractivity contribution is -0.149. The Labute approximate surface area is 154 Å². The first-order valence-electron chi connectivity index (χ1n) is 9.13. The molecule has 3 rings (SSSR count). The summed E-state index contributed by atoms with van der Waals surface area (Å²) in [5.74, 6) is -1.19. The second-order valence-corrected chi connectivity index (χ2v) is 8.05. The second-order valence-electron chi connectivity index (χ2n) is 8.05. The Hall–Kier alpha value is -2.43. The van der Waals surface area contributed by atoms with Gasteiger partial charge in [-0.25, -0.2) is 0 Å². The molecule has 5 nitrogen and oxygen atoms in total. The van der Waals surface area contributed by atoms with Crippen molar-refractivity contribution in [2.45, 2.75) is 45.7 Å². The van der Waals surface area contributed by atoms with Crippen molar-refractivity contribution >= 4 is 17.7 Å². The number of hydrogen-bond acceptors (Lipinski definition) is 3. The van der Waals surface area contributed by atoms with Gasteiger partial charge in [0.25, 0.3) is 0 Å². The van der Waals surface area contributed by atoms with Crippen LogP contribution in [0.2, 0.25) is 0 Å². The van der Waals surface area contributed by atoms with Crippen LogP contribution in [0.25, 0.3) is 0 Å². The fraction of sp³-hybridized carbons (Fsp3) is 0.476. The molecule has 2 aliphatic rings. The fourth-order valence-electron chi connectivity index (χ4n) is 3.71. The molecule has 0 N–H and O–H groups in total. The first-order valence-corrected chi connectivity index (χ1v) is 9.13. The Morgan fingerprint density at radius 1 is 1.04 bits per heavy atom. The lowest BCUT2D eigenvalue weighted by Gasteiger charge is -2.36. The zero-order valence-electron chi connectivity index (χ0n) is 15.6. The highest BCUT2D eigenvalue weighted by atomic mass is 16.2. The summed E-state index contributed by atoms with van der Waals surface area (Å²) in [5.41, 5.74) is 0.611. The van der Waals surface area contributed by atoms with Gasteiger partial charge in [0, 0.05) is 12.1 Å². The normalized spacial score (nSPS) is 22.5. The van der Waals surface area contributed by atoms with E-state index < -0.39 is 5.54 Å². The van der Waals surface area contributed by atoms with Gasteiger partial charge in [-0.1, -0.05) is 42.5 Å². The third-order valence-electron chi connectivity index (χ3n) is 5.19. The highest BCUT2D eigenvalue weighted by molar-refractivity contribution is 6.07. The van der Waals surface area contributed by atoms with Crippen LogP contribution in [0.4, 0.5) is 0 Å². The standard InChI is InChI=1S/C21H26N2O3/c1-21(2,3)23(13-15-9-5-4-6-10-15)18(24)14-22-19(25)16-11-7-8-12-17(16)20(22)26/h4-10,16-17H,11-14H2,1-3H3/t16-,17+. The van der Waals surface area contributed by atoms with Crippen LogP contribution in [0, 0.1) is 11.8 Å². The van der Waals surface area contributed by atoms with E-state index in [2.05, 4.69) is 0 Å². The van der Waals surface area contributed by atoms with Gasteiger partial charge in [0.15, 0.2) is 0 Å². The molecule has 1 aliphatic carbocycles. The van der Waals surface area contributed by atoms with E-state index in [1.54, 1.807) is 4.90 Å². The van der Waals surface area contributed by atoms with Crippen LogP contribution in [0.15, 0.2) is 42.5 Å². The lowest BCUT2D eigenvalue weighted by Crippen LogP contribution is -2.50. The van der Waals surface area contributed by atoms with E-state index in [1.165, 1.54) is 4.90 Å². The zero-order valence-corrected chi connectivity index (χ0v) is 15.6. The van der Waals surface area contributed by atoms with Gasteiger partial charge in [-0.05, 0) is 39.2 Å². The van der Waals surface area contributed by atoms with E-state index in [4.69, 9.17) is 0 Å². The van der Waals surface area contributed by atoms with E-state index in [1.807, 2.05) is 63.3 Å². The third kappa shape index (κ3) is 3.57. The van der Waals surface area contributed by atoms with Gasteiger partial charge in [0.05, 0.1) is 11.8 Å². The van der Waals surface area contributed by atoms with Crippen LogP contribution < -0.4 is 0 Å². The quantitative estimate of drug-likeness (QED) is 0.617. The molecule has 1 heterocycles. The number of hydrogen-bond donors (Lipinski definition) is 0. The Morgan fingerprint density at radius 3 is 2.08 bits per heavy atom. The van der Waals surface area contributed by atoms with Crippen LogP contribution in [0.5, 0.6) is 0 Å². The molecule has 0 saturated carbocycles. The van der Waals surface area contributed by atoms with Gasteiger partial charge in [-0.3, -0.25) is 19.3 Å². The Balaban J connectivity index is 1.76. The van der Waals surface area contributed by atoms with Crippen LogP contribution in [-0.2, 0) is 20.9 Å². The number of likely N-dealkylation sites (tertiary alicyclic amines) is 1. The molecular weight excluding hydrogens is 328 g/mol. The molecule has 1 aliphatic heterocycles. The number of amides is 3. The molecule has 0 aromatic heterocycles. The molecule has 1 saturated heterocycles. The maximum atomic E-state index is 13.0. The minimum absolute atomic E-state index is 0.172. The predicted molar refractivity (Wildman–Crippen MR) is 98.8 cm³/mol. The summed E-state index contributed by atoms with van der Waals surface area (Å²) < 4.78 is 0. The number of carbonyl (C=O) groups is 3. The average Bonchev–Trinajstić information content (AvgIpc) is 2.85. The summed E-state index contributed by atoms with van der Waals surface area (Å²) >= 11 is 0. The van der Waals surface area contributed by atoms with E-state index in [0.29, 0.717) is 19.4 Å². The molecule has 1 aromatic rings. The van der Waals surface area contributed by atoms with Crippen molar-refractivity contribution in [2.75, 3.05) is 6.54 Å². The topological polar surface area (TPSA) is 57.7 Å². The highest BCUT2D eigenvalue weighted by Gasteiger charge is 2.48. The maximum Gasteiger partial charge on any atom is 0.243 e. The van der Waals surface area contributed by atoms with Crippen molar-refractivity contribution < 1.29 is 14.4 Å². The molecule has 0 unspecified atom stereocenters. The number of nitrogens with zero attached hydrogens (tertiary/aromatic N) is 2. The monoisotopic (exact) mass is 354 g/mol. The van der Waals surface area contributed by atoms with Crippen molar-refractivity contribution in [3.63, 3.8) is 0 Å². The summed E-state index contributed by atoms with van der Waals surface area (Å²) in [6, 6.07) is 9.75. The Bertz CT molecular complexity index is 707. The molecule has 26 heavy (non-hydrogen) atoms. The largest absolute Gasteiger partial charge is 0.332 e. The lowest BCUT2D eigenvalue weighted by atomic mass is 9.85. The molecule has 1 aromatic carbocycles. The number of benzene rings is 1.